The van der Waals surface area contributed by atoms with Crippen molar-refractivity contribution in [2.45, 2.75) is 65.2 Å². The van der Waals surface area contributed by atoms with Gasteiger partial charge in [0.2, 0.25) is 0 Å². The monoisotopic (exact) mass is 686 g/mol. The molecule has 0 radical (unpaired) electrons. The van der Waals surface area contributed by atoms with Gasteiger partial charge in [-0.2, -0.15) is 0 Å². The first-order valence-electron chi connectivity index (χ1n) is 14.6. The van der Waals surface area contributed by atoms with Crippen LogP contribution in [0.2, 0.25) is 0 Å². The van der Waals surface area contributed by atoms with Gasteiger partial charge in [-0.15, -0.1) is 24.8 Å². The molecule has 0 N–H and O–H groups in total. The van der Waals surface area contributed by atoms with E-state index in [0.717, 1.165) is 12.8 Å². The Morgan fingerprint density at radius 1 is 0.667 bits per heavy atom. The third-order valence-electron chi connectivity index (χ3n) is 8.47. The Hall–Kier alpha value is -1.96. The first-order valence-corrected chi connectivity index (χ1v) is 22.3. The normalized spacial score (nSPS) is 13.4. The van der Waals surface area contributed by atoms with Crippen LogP contribution in [0.3, 0.4) is 0 Å². The SMILES string of the molecule is CC(C)(C)c1ccc2c(c1)Cc1c-2ccc(C(C)(C)C)[c]1[Zr]([C]1=CC=CC1)=[Si](c1ccccc1)c1ccccc1.Cl.Cl. The molecule has 42 heavy (non-hydrogen) atoms. The third-order valence-corrected chi connectivity index (χ3v) is 27.2. The number of halogens is 2. The van der Waals surface area contributed by atoms with Crippen molar-refractivity contribution in [3.63, 3.8) is 0 Å². The van der Waals surface area contributed by atoms with Crippen LogP contribution in [0.4, 0.5) is 0 Å². The zero-order valence-corrected chi connectivity index (χ0v) is 30.7. The van der Waals surface area contributed by atoms with Crippen LogP contribution in [0, 0.1) is 0 Å². The molecule has 6 rings (SSSR count). The van der Waals surface area contributed by atoms with E-state index in [1.165, 1.54) is 22.3 Å². The van der Waals surface area contributed by atoms with Crippen molar-refractivity contribution < 1.29 is 20.4 Å². The van der Waals surface area contributed by atoms with Crippen LogP contribution in [-0.4, -0.2) is 5.43 Å². The van der Waals surface area contributed by atoms with E-state index < -0.39 is 25.8 Å². The Morgan fingerprint density at radius 2 is 1.26 bits per heavy atom. The summed E-state index contributed by atoms with van der Waals surface area (Å²) in [6.07, 6.45) is 9.43. The zero-order chi connectivity index (χ0) is 28.1. The largest absolute Gasteiger partial charge is 0.147 e. The molecule has 0 heterocycles. The van der Waals surface area contributed by atoms with Crippen LogP contribution in [-0.2, 0) is 37.6 Å². The molecule has 0 saturated heterocycles. The maximum absolute atomic E-state index is 2.52. The third kappa shape index (κ3) is 6.30. The second-order valence-corrected chi connectivity index (χ2v) is 26.6. The molecule has 0 bridgehead atoms. The van der Waals surface area contributed by atoms with Gasteiger partial charge in [-0.05, 0) is 0 Å². The molecule has 0 aromatic heterocycles. The van der Waals surface area contributed by atoms with Gasteiger partial charge in [-0.1, -0.05) is 0 Å². The van der Waals surface area contributed by atoms with E-state index in [4.69, 9.17) is 0 Å². The first-order chi connectivity index (χ1) is 19.1. The Labute approximate surface area is 273 Å². The van der Waals surface area contributed by atoms with Crippen LogP contribution < -0.4 is 13.6 Å². The van der Waals surface area contributed by atoms with Crippen molar-refractivity contribution in [3.8, 4) is 11.1 Å². The second kappa shape index (κ2) is 13.0. The number of fused-ring (bicyclic) bond motifs is 3. The summed E-state index contributed by atoms with van der Waals surface area (Å²) in [5.41, 5.74) is 8.38. The fraction of sp³-hybridized carbons (Fsp3) is 0.263. The molecule has 0 atom stereocenters. The molecule has 0 aliphatic heterocycles. The smallest absolute Gasteiger partial charge is 0.147 e. The molecule has 2 aliphatic rings. The van der Waals surface area contributed by atoms with Gasteiger partial charge in [0.1, 0.15) is 0 Å². The van der Waals surface area contributed by atoms with E-state index in [1.807, 2.05) is 0 Å². The predicted molar refractivity (Wildman–Crippen MR) is 186 cm³/mol. The molecule has 0 spiro atoms. The molecule has 2 aliphatic carbocycles. The number of rotatable bonds is 4. The molecule has 0 saturated carbocycles. The van der Waals surface area contributed by atoms with Crippen LogP contribution in [0.1, 0.15) is 70.2 Å². The van der Waals surface area contributed by atoms with Crippen molar-refractivity contribution >= 4 is 43.9 Å². The summed E-state index contributed by atoms with van der Waals surface area (Å²) in [4.78, 5) is 0. The maximum atomic E-state index is 2.51. The maximum Gasteiger partial charge on any atom is -0.147 e. The Balaban J connectivity index is 0.00000202. The average molecular weight is 689 g/mol. The van der Waals surface area contributed by atoms with Crippen LogP contribution in [0.5, 0.6) is 0 Å². The van der Waals surface area contributed by atoms with Gasteiger partial charge in [0, 0.05) is 0 Å². The van der Waals surface area contributed by atoms with Crippen LogP contribution in [0.25, 0.3) is 11.1 Å². The minimum atomic E-state index is -2.52. The van der Waals surface area contributed by atoms with E-state index >= 15 is 0 Å². The van der Waals surface area contributed by atoms with Crippen molar-refractivity contribution in [1.29, 1.82) is 0 Å². The van der Waals surface area contributed by atoms with Crippen molar-refractivity contribution in [2.75, 3.05) is 0 Å². The Morgan fingerprint density at radius 3 is 1.79 bits per heavy atom. The second-order valence-electron chi connectivity index (χ2n) is 13.4. The quantitative estimate of drug-likeness (QED) is 0.166. The molecule has 216 valence electrons. The Bertz CT molecular complexity index is 1640. The van der Waals surface area contributed by atoms with Gasteiger partial charge < -0.3 is 0 Å². The van der Waals surface area contributed by atoms with E-state index in [0.29, 0.717) is 0 Å². The molecule has 0 amide bonds. The molecule has 0 unspecified atom stereocenters. The van der Waals surface area contributed by atoms with Crippen molar-refractivity contribution in [3.05, 3.63) is 135 Å². The number of allylic oxidation sites excluding steroid dienone is 4. The van der Waals surface area contributed by atoms with E-state index in [9.17, 15) is 0 Å². The summed E-state index contributed by atoms with van der Waals surface area (Å²) in [5, 5.41) is 3.15. The van der Waals surface area contributed by atoms with Gasteiger partial charge in [0.05, 0.1) is 0 Å². The summed E-state index contributed by atoms with van der Waals surface area (Å²) in [6, 6.07) is 35.4. The van der Waals surface area contributed by atoms with Crippen molar-refractivity contribution in [2.24, 2.45) is 0 Å². The van der Waals surface area contributed by atoms with Gasteiger partial charge in [0.15, 0.2) is 0 Å². The van der Waals surface area contributed by atoms with E-state index in [1.54, 1.807) is 28.1 Å². The molecule has 4 heteroatoms. The van der Waals surface area contributed by atoms with E-state index in [-0.39, 0.29) is 35.6 Å². The van der Waals surface area contributed by atoms with Crippen LogP contribution >= 0.6 is 24.8 Å². The summed E-state index contributed by atoms with van der Waals surface area (Å²) < 4.78 is 3.55. The molecule has 0 nitrogen and oxygen atoms in total. The standard InChI is InChI=1S/C21H25.C12H10Si.C5H5.2ClH.Zr/c1-20(2,3)16-7-9-18-14(12-16)11-15-13-17(21(4,5)6)8-10-19(15)18;1-3-7-11(8-4-1)13-12-9-5-2-6-10-12;1-2-4-5-3-1;;;/h7-10,12H,11H2,1-6H3;1-10H;1-3H,4H2;2*1H;. The van der Waals surface area contributed by atoms with Gasteiger partial charge in [-0.3, -0.25) is 0 Å². The molecule has 4 aromatic carbocycles. The zero-order valence-electron chi connectivity index (χ0n) is 25.6. The molecular weight excluding hydrogens is 647 g/mol. The summed E-state index contributed by atoms with van der Waals surface area (Å²) in [6.45, 7) is 14.3. The van der Waals surface area contributed by atoms with Gasteiger partial charge in [-0.25, -0.2) is 0 Å². The fourth-order valence-electron chi connectivity index (χ4n) is 6.40. The first kappa shape index (κ1) is 32.9. The number of hydrogen-bond acceptors (Lipinski definition) is 0. The van der Waals surface area contributed by atoms with E-state index in [2.05, 4.69) is 151 Å². The molecule has 4 aromatic rings. The topological polar surface area (TPSA) is 0 Å². The fourth-order valence-corrected chi connectivity index (χ4v) is 27.9. The van der Waals surface area contributed by atoms with Gasteiger partial charge in [0.25, 0.3) is 0 Å². The molecular formula is C38H42Cl2SiZr. The number of benzene rings is 4. The average Bonchev–Trinajstić information content (AvgIpc) is 3.59. The molecule has 0 fully saturated rings. The minimum absolute atomic E-state index is 0. The van der Waals surface area contributed by atoms with Gasteiger partial charge >= 0.3 is 251 Å². The van der Waals surface area contributed by atoms with Crippen molar-refractivity contribution in [1.82, 2.24) is 0 Å². The summed E-state index contributed by atoms with van der Waals surface area (Å²) in [7, 11) is 0. The Kier molecular flexibility index (Phi) is 10.2. The summed E-state index contributed by atoms with van der Waals surface area (Å²) in [5.74, 6) is 0. The van der Waals surface area contributed by atoms with Crippen LogP contribution in [0.15, 0.2) is 113 Å². The summed E-state index contributed by atoms with van der Waals surface area (Å²) >= 11 is -2.52. The predicted octanol–water partition coefficient (Wildman–Crippen LogP) is 8.59. The number of hydrogen-bond donors (Lipinski definition) is 0. The minimum Gasteiger partial charge on any atom is -0.147 e.